The van der Waals surface area contributed by atoms with Crippen molar-refractivity contribution in [3.63, 3.8) is 0 Å². The van der Waals surface area contributed by atoms with Gasteiger partial charge >= 0.3 is 17.9 Å². The molecule has 1 unspecified atom stereocenters. The number of rotatable bonds is 41. The van der Waals surface area contributed by atoms with E-state index in [9.17, 15) is 14.4 Å². The standard InChI is InChI=1S/C49H86O6/c1-4-7-10-13-16-19-22-24-25-28-30-33-36-39-42-48(51)54-45-46(44-53-47(50)41-38-35-32-29-26-21-18-15-12-9-6-3)55-49(52)43-40-37-34-31-27-23-20-17-14-11-8-5-2/h15,17-18,20-21,25-26,28,46H,4-14,16,19,22-24,27,29-45H2,1-3H3/b18-15-,20-17-,26-21-,28-25-. The number of esters is 3. The number of carbonyl (C=O) groups excluding carboxylic acids is 3. The highest BCUT2D eigenvalue weighted by atomic mass is 16.6. The van der Waals surface area contributed by atoms with Crippen molar-refractivity contribution in [1.82, 2.24) is 0 Å². The monoisotopic (exact) mass is 771 g/mol. The fourth-order valence-corrected chi connectivity index (χ4v) is 6.23. The van der Waals surface area contributed by atoms with Crippen molar-refractivity contribution in [2.75, 3.05) is 13.2 Å². The summed E-state index contributed by atoms with van der Waals surface area (Å²) in [5.41, 5.74) is 0. The zero-order chi connectivity index (χ0) is 40.1. The second-order valence-electron chi connectivity index (χ2n) is 15.3. The number of hydrogen-bond acceptors (Lipinski definition) is 6. The van der Waals surface area contributed by atoms with Gasteiger partial charge in [0.1, 0.15) is 13.2 Å². The Hall–Kier alpha value is -2.63. The van der Waals surface area contributed by atoms with Crippen molar-refractivity contribution in [2.24, 2.45) is 0 Å². The molecule has 0 bridgehead atoms. The highest BCUT2D eigenvalue weighted by molar-refractivity contribution is 5.71. The molecule has 0 aromatic carbocycles. The zero-order valence-electron chi connectivity index (χ0n) is 36.2. The molecule has 6 heteroatoms. The Morgan fingerprint density at radius 2 is 0.673 bits per heavy atom. The molecule has 0 aromatic rings. The van der Waals surface area contributed by atoms with Gasteiger partial charge in [-0.25, -0.2) is 0 Å². The molecule has 0 spiro atoms. The lowest BCUT2D eigenvalue weighted by molar-refractivity contribution is -0.167. The van der Waals surface area contributed by atoms with Crippen molar-refractivity contribution in [3.8, 4) is 0 Å². The van der Waals surface area contributed by atoms with Gasteiger partial charge in [-0.2, -0.15) is 0 Å². The minimum atomic E-state index is -0.790. The number of hydrogen-bond donors (Lipinski definition) is 0. The molecule has 0 aliphatic carbocycles. The first-order chi connectivity index (χ1) is 27.0. The fourth-order valence-electron chi connectivity index (χ4n) is 6.23. The summed E-state index contributed by atoms with van der Waals surface area (Å²) in [6.07, 6.45) is 50.9. The number of ether oxygens (including phenoxy) is 3. The maximum Gasteiger partial charge on any atom is 0.306 e. The molecule has 318 valence electrons. The van der Waals surface area contributed by atoms with E-state index in [0.717, 1.165) is 96.3 Å². The lowest BCUT2D eigenvalue weighted by Crippen LogP contribution is -2.30. The van der Waals surface area contributed by atoms with Gasteiger partial charge in [-0.3, -0.25) is 14.4 Å². The van der Waals surface area contributed by atoms with Crippen molar-refractivity contribution < 1.29 is 28.6 Å². The molecule has 0 radical (unpaired) electrons. The van der Waals surface area contributed by atoms with E-state index in [4.69, 9.17) is 14.2 Å². The summed E-state index contributed by atoms with van der Waals surface area (Å²) < 4.78 is 16.7. The third kappa shape index (κ3) is 42.4. The van der Waals surface area contributed by atoms with Gasteiger partial charge in [-0.05, 0) is 89.9 Å². The first-order valence-electron chi connectivity index (χ1n) is 23.2. The Morgan fingerprint density at radius 3 is 1.13 bits per heavy atom. The van der Waals surface area contributed by atoms with Gasteiger partial charge in [0.2, 0.25) is 0 Å². The Morgan fingerprint density at radius 1 is 0.364 bits per heavy atom. The molecule has 0 N–H and O–H groups in total. The molecule has 0 aromatic heterocycles. The smallest absolute Gasteiger partial charge is 0.306 e. The van der Waals surface area contributed by atoms with Crippen molar-refractivity contribution in [2.45, 2.75) is 232 Å². The predicted octanol–water partition coefficient (Wildman–Crippen LogP) is 14.8. The maximum atomic E-state index is 12.7. The Bertz CT molecular complexity index is 980. The molecule has 1 atom stereocenters. The van der Waals surface area contributed by atoms with Crippen LogP contribution in [-0.2, 0) is 28.6 Å². The summed E-state index contributed by atoms with van der Waals surface area (Å²) in [5, 5.41) is 0. The highest BCUT2D eigenvalue weighted by Crippen LogP contribution is 2.13. The summed E-state index contributed by atoms with van der Waals surface area (Å²) in [6, 6.07) is 0. The topological polar surface area (TPSA) is 78.9 Å². The molecule has 0 rings (SSSR count). The first kappa shape index (κ1) is 52.4. The van der Waals surface area contributed by atoms with E-state index in [1.54, 1.807) is 0 Å². The van der Waals surface area contributed by atoms with Crippen LogP contribution in [0.3, 0.4) is 0 Å². The normalized spacial score (nSPS) is 12.4. The quantitative estimate of drug-likeness (QED) is 0.0202. The largest absolute Gasteiger partial charge is 0.462 e. The van der Waals surface area contributed by atoms with E-state index in [2.05, 4.69) is 69.4 Å². The van der Waals surface area contributed by atoms with Crippen LogP contribution in [0.1, 0.15) is 226 Å². The molecule has 0 amide bonds. The van der Waals surface area contributed by atoms with Crippen molar-refractivity contribution in [3.05, 3.63) is 48.6 Å². The van der Waals surface area contributed by atoms with Crippen LogP contribution in [0.25, 0.3) is 0 Å². The SMILES string of the molecule is CCCC/C=C\C=C/CCCCCC(=O)OCC(COC(=O)CCCCC/C=C\CCCCCCCCC)OC(=O)CCCCCCC/C=C\CCCCC. The molecule has 6 nitrogen and oxygen atoms in total. The number of allylic oxidation sites excluding steroid dienone is 8. The Kier molecular flexibility index (Phi) is 42.0. The van der Waals surface area contributed by atoms with Crippen LogP contribution < -0.4 is 0 Å². The van der Waals surface area contributed by atoms with E-state index in [0.29, 0.717) is 19.3 Å². The van der Waals surface area contributed by atoms with Crippen LogP contribution in [0, 0.1) is 0 Å². The average Bonchev–Trinajstić information content (AvgIpc) is 3.18. The third-order valence-corrected chi connectivity index (χ3v) is 9.80. The summed E-state index contributed by atoms with van der Waals surface area (Å²) in [5.74, 6) is -0.947. The van der Waals surface area contributed by atoms with Gasteiger partial charge in [0.15, 0.2) is 6.10 Å². The molecule has 0 saturated carbocycles. The first-order valence-corrected chi connectivity index (χ1v) is 23.2. The summed E-state index contributed by atoms with van der Waals surface area (Å²) >= 11 is 0. The van der Waals surface area contributed by atoms with E-state index in [1.807, 2.05) is 0 Å². The highest BCUT2D eigenvalue weighted by Gasteiger charge is 2.19. The van der Waals surface area contributed by atoms with Crippen LogP contribution in [0.2, 0.25) is 0 Å². The molecule has 0 fully saturated rings. The Balaban J connectivity index is 4.44. The maximum absolute atomic E-state index is 12.7. The van der Waals surface area contributed by atoms with E-state index in [1.165, 1.54) is 89.9 Å². The second kappa shape index (κ2) is 44.1. The molecular weight excluding hydrogens is 685 g/mol. The van der Waals surface area contributed by atoms with Crippen molar-refractivity contribution in [1.29, 1.82) is 0 Å². The summed E-state index contributed by atoms with van der Waals surface area (Å²) in [6.45, 7) is 6.50. The molecule has 0 saturated heterocycles. The lowest BCUT2D eigenvalue weighted by atomic mass is 10.1. The predicted molar refractivity (Wildman–Crippen MR) is 233 cm³/mol. The van der Waals surface area contributed by atoms with E-state index in [-0.39, 0.29) is 31.1 Å². The van der Waals surface area contributed by atoms with Crippen LogP contribution in [0.15, 0.2) is 48.6 Å². The molecule has 0 heterocycles. The lowest BCUT2D eigenvalue weighted by Gasteiger charge is -2.18. The molecule has 55 heavy (non-hydrogen) atoms. The van der Waals surface area contributed by atoms with Gasteiger partial charge < -0.3 is 14.2 Å². The van der Waals surface area contributed by atoms with Gasteiger partial charge in [0, 0.05) is 19.3 Å². The number of carbonyl (C=O) groups is 3. The molecular formula is C49H86O6. The van der Waals surface area contributed by atoms with E-state index >= 15 is 0 Å². The summed E-state index contributed by atoms with van der Waals surface area (Å²) in [4.78, 5) is 37.7. The molecule has 0 aliphatic rings. The van der Waals surface area contributed by atoms with Gasteiger partial charge in [-0.1, -0.05) is 166 Å². The van der Waals surface area contributed by atoms with Crippen LogP contribution in [-0.4, -0.2) is 37.2 Å². The van der Waals surface area contributed by atoms with E-state index < -0.39 is 6.10 Å². The zero-order valence-corrected chi connectivity index (χ0v) is 36.2. The summed E-state index contributed by atoms with van der Waals surface area (Å²) in [7, 11) is 0. The fraction of sp³-hybridized carbons (Fsp3) is 0.776. The van der Waals surface area contributed by atoms with Crippen LogP contribution >= 0.6 is 0 Å². The third-order valence-electron chi connectivity index (χ3n) is 9.80. The Labute approximate surface area is 339 Å². The van der Waals surface area contributed by atoms with Gasteiger partial charge in [-0.15, -0.1) is 0 Å². The number of unbranched alkanes of at least 4 members (excludes halogenated alkanes) is 23. The molecule has 0 aliphatic heterocycles. The van der Waals surface area contributed by atoms with Crippen molar-refractivity contribution >= 4 is 17.9 Å². The minimum Gasteiger partial charge on any atom is -0.462 e. The van der Waals surface area contributed by atoms with Gasteiger partial charge in [0.25, 0.3) is 0 Å². The average molecular weight is 771 g/mol. The van der Waals surface area contributed by atoms with Crippen LogP contribution in [0.5, 0.6) is 0 Å². The van der Waals surface area contributed by atoms with Gasteiger partial charge in [0.05, 0.1) is 0 Å². The second-order valence-corrected chi connectivity index (χ2v) is 15.3. The minimum absolute atomic E-state index is 0.0929. The van der Waals surface area contributed by atoms with Crippen LogP contribution in [0.4, 0.5) is 0 Å².